The Morgan fingerprint density at radius 2 is 1.41 bits per heavy atom. The van der Waals surface area contributed by atoms with Crippen LogP contribution < -0.4 is 5.84 Å². The molecule has 3 N–H and O–H groups in total. The molecule has 2 aromatic carbocycles. The fourth-order valence-electron chi connectivity index (χ4n) is 3.06. The number of nitrogens with zero attached hydrogens (tertiary/aromatic N) is 3. The molecular weight excluding hydrogens is 549 g/mol. The molecular formula is C19H15BrF9N5. The maximum atomic E-state index is 13.3. The van der Waals surface area contributed by atoms with Crippen LogP contribution in [-0.4, -0.2) is 10.9 Å². The van der Waals surface area contributed by atoms with Gasteiger partial charge in [-0.15, -0.1) is 10.2 Å². The van der Waals surface area contributed by atoms with Crippen LogP contribution in [0.25, 0.3) is 0 Å². The Balaban J connectivity index is 2.58. The quantitative estimate of drug-likeness (QED) is 0.104. The van der Waals surface area contributed by atoms with E-state index in [0.29, 0.717) is 12.1 Å². The van der Waals surface area contributed by atoms with Crippen molar-refractivity contribution in [1.29, 1.82) is 5.53 Å². The number of alkyl halides is 9. The fourth-order valence-corrected chi connectivity index (χ4v) is 3.64. The van der Waals surface area contributed by atoms with Gasteiger partial charge in [0.1, 0.15) is 0 Å². The van der Waals surface area contributed by atoms with E-state index in [2.05, 4.69) is 26.1 Å². The van der Waals surface area contributed by atoms with Gasteiger partial charge in [0.25, 0.3) is 5.96 Å². The zero-order chi connectivity index (χ0) is 26.1. The molecule has 186 valence electrons. The van der Waals surface area contributed by atoms with Gasteiger partial charge in [0.05, 0.1) is 16.7 Å². The number of hydrogen-bond acceptors (Lipinski definition) is 3. The van der Waals surface area contributed by atoms with Gasteiger partial charge < -0.3 is 10.7 Å². The Morgan fingerprint density at radius 3 is 1.82 bits per heavy atom. The first kappa shape index (κ1) is 27.4. The predicted octanol–water partition coefficient (Wildman–Crippen LogP) is 7.08. The topological polar surface area (TPSA) is 77.8 Å². The molecule has 0 heterocycles. The monoisotopic (exact) mass is 563 g/mol. The third-order valence-corrected chi connectivity index (χ3v) is 5.32. The normalized spacial score (nSPS) is 13.2. The van der Waals surface area contributed by atoms with E-state index < -0.39 is 59.8 Å². The average Bonchev–Trinajstić information content (AvgIpc) is 2.68. The van der Waals surface area contributed by atoms with Crippen LogP contribution in [0.15, 0.2) is 45.0 Å². The highest BCUT2D eigenvalue weighted by molar-refractivity contribution is 9.10. The first-order valence-electron chi connectivity index (χ1n) is 9.02. The molecule has 0 aliphatic rings. The van der Waals surface area contributed by atoms with E-state index in [1.54, 1.807) is 0 Å². The number of hydrogen-bond donors (Lipinski definition) is 2. The van der Waals surface area contributed by atoms with E-state index >= 15 is 0 Å². The molecule has 0 fully saturated rings. The van der Waals surface area contributed by atoms with Crippen LogP contribution in [-0.2, 0) is 31.6 Å². The predicted molar refractivity (Wildman–Crippen MR) is 106 cm³/mol. The summed E-state index contributed by atoms with van der Waals surface area (Å²) in [6.07, 6.45) is -14.9. The van der Waals surface area contributed by atoms with Crippen LogP contribution in [0.2, 0.25) is 0 Å². The summed E-state index contributed by atoms with van der Waals surface area (Å²) < 4.78 is 119. The average molecular weight is 564 g/mol. The second-order valence-electron chi connectivity index (χ2n) is 7.07. The second-order valence-corrected chi connectivity index (χ2v) is 7.92. The van der Waals surface area contributed by atoms with E-state index in [1.807, 2.05) is 0 Å². The van der Waals surface area contributed by atoms with Crippen molar-refractivity contribution in [2.24, 2.45) is 16.1 Å². The van der Waals surface area contributed by atoms with Crippen LogP contribution >= 0.6 is 15.9 Å². The second kappa shape index (κ2) is 9.80. The number of rotatable bonds is 4. The van der Waals surface area contributed by atoms with Gasteiger partial charge in [0, 0.05) is 17.6 Å². The summed E-state index contributed by atoms with van der Waals surface area (Å²) in [7, 11) is 0. The molecule has 0 aromatic heterocycles. The number of halogens is 10. The lowest BCUT2D eigenvalue weighted by Crippen LogP contribution is -2.30. The molecule has 0 saturated carbocycles. The molecule has 0 saturated heterocycles. The van der Waals surface area contributed by atoms with Gasteiger partial charge in [-0.1, -0.05) is 15.9 Å². The van der Waals surface area contributed by atoms with E-state index in [4.69, 9.17) is 11.4 Å². The molecule has 0 aliphatic carbocycles. The summed E-state index contributed by atoms with van der Waals surface area (Å²) >= 11 is 3.09. The smallest absolute Gasteiger partial charge is 0.330 e. The number of nitrogens with one attached hydrogen (secondary N) is 1. The zero-order valence-electron chi connectivity index (χ0n) is 17.0. The lowest BCUT2D eigenvalue weighted by molar-refractivity contribution is -0.143. The van der Waals surface area contributed by atoms with Crippen LogP contribution in [0.3, 0.4) is 0 Å². The molecule has 0 atom stereocenters. The first-order valence-corrected chi connectivity index (χ1v) is 9.81. The lowest BCUT2D eigenvalue weighted by Gasteiger charge is -2.25. The molecule has 0 unspecified atom stereocenters. The van der Waals surface area contributed by atoms with Crippen LogP contribution in [0.4, 0.5) is 39.5 Å². The van der Waals surface area contributed by atoms with Crippen LogP contribution in [0.5, 0.6) is 0 Å². The Hall–Kier alpha value is -2.84. The molecule has 2 aromatic rings. The third-order valence-electron chi connectivity index (χ3n) is 4.58. The van der Waals surface area contributed by atoms with E-state index in [0.717, 1.165) is 17.0 Å². The number of aryl methyl sites for hydroxylation is 1. The highest BCUT2D eigenvalue weighted by atomic mass is 79.9. The highest BCUT2D eigenvalue weighted by Gasteiger charge is 2.37. The number of hydrazone groups is 1. The summed E-state index contributed by atoms with van der Waals surface area (Å²) in [5.74, 6) is 4.50. The minimum atomic E-state index is -5.10. The fraction of sp³-hybridized carbons (Fsp3) is 0.316. The summed E-state index contributed by atoms with van der Waals surface area (Å²) in [5.41, 5.74) is 2.31. The first-order chi connectivity index (χ1) is 15.5. The van der Waals surface area contributed by atoms with Crippen molar-refractivity contribution in [3.8, 4) is 0 Å². The molecule has 0 radical (unpaired) electrons. The van der Waals surface area contributed by atoms with E-state index in [9.17, 15) is 39.5 Å². The van der Waals surface area contributed by atoms with E-state index in [1.165, 1.54) is 6.92 Å². The van der Waals surface area contributed by atoms with Crippen molar-refractivity contribution >= 4 is 21.9 Å². The molecule has 2 rings (SSSR count). The Kier molecular flexibility index (Phi) is 7.90. The molecule has 34 heavy (non-hydrogen) atoms. The maximum Gasteiger partial charge on any atom is 0.416 e. The molecule has 0 aliphatic heterocycles. The minimum absolute atomic E-state index is 0.0502. The van der Waals surface area contributed by atoms with Crippen LogP contribution in [0.1, 0.15) is 33.4 Å². The number of benzene rings is 2. The molecule has 5 nitrogen and oxygen atoms in total. The van der Waals surface area contributed by atoms with Crippen molar-refractivity contribution in [2.75, 3.05) is 0 Å². The summed E-state index contributed by atoms with van der Waals surface area (Å²) in [5, 5.41) is 6.15. The van der Waals surface area contributed by atoms with E-state index in [-0.39, 0.29) is 21.7 Å². The Morgan fingerprint density at radius 1 is 0.882 bits per heavy atom. The van der Waals surface area contributed by atoms with Gasteiger partial charge in [-0.3, -0.25) is 0 Å². The number of guanidine groups is 1. The summed E-state index contributed by atoms with van der Waals surface area (Å²) in [6.45, 7) is -0.0463. The highest BCUT2D eigenvalue weighted by Crippen LogP contribution is 2.38. The van der Waals surface area contributed by atoms with Crippen molar-refractivity contribution in [3.63, 3.8) is 0 Å². The Labute approximate surface area is 195 Å². The summed E-state index contributed by atoms with van der Waals surface area (Å²) in [4.78, 5) is 0.873. The van der Waals surface area contributed by atoms with Crippen molar-refractivity contribution < 1.29 is 39.5 Å². The van der Waals surface area contributed by atoms with Gasteiger partial charge in [-0.25, -0.2) is 5.53 Å². The standard InChI is InChI=1S/C19H15BrF9N5/c1-9-2-15(20)11(5-14(9)19(27,28)29)8-34(16(32-30)33-31)7-10-3-12(17(21,22)23)6-13(4-10)18(24,25)26/h2-6,30H,7-8,31H2,1H3/b32-30?,33-16+. The minimum Gasteiger partial charge on any atom is -0.330 e. The van der Waals surface area contributed by atoms with Gasteiger partial charge in [-0.2, -0.15) is 39.5 Å². The number of nitrogens with two attached hydrogens (primary N) is 1. The van der Waals surface area contributed by atoms with Crippen LogP contribution in [0, 0.1) is 12.5 Å². The largest absolute Gasteiger partial charge is 0.416 e. The van der Waals surface area contributed by atoms with Gasteiger partial charge in [-0.05, 0) is 53.9 Å². The molecule has 0 bridgehead atoms. The Bertz CT molecular complexity index is 1060. The van der Waals surface area contributed by atoms with Gasteiger partial charge in [0.15, 0.2) is 0 Å². The molecule has 15 heteroatoms. The van der Waals surface area contributed by atoms with Gasteiger partial charge in [0.2, 0.25) is 0 Å². The van der Waals surface area contributed by atoms with Gasteiger partial charge >= 0.3 is 18.5 Å². The van der Waals surface area contributed by atoms with Crippen molar-refractivity contribution in [2.45, 2.75) is 38.5 Å². The summed E-state index contributed by atoms with van der Waals surface area (Å²) in [6, 6.07) is 2.75. The molecule has 0 amide bonds. The molecule has 0 spiro atoms. The third kappa shape index (κ3) is 6.61. The van der Waals surface area contributed by atoms with Crippen molar-refractivity contribution in [1.82, 2.24) is 4.90 Å². The zero-order valence-corrected chi connectivity index (χ0v) is 18.6. The maximum absolute atomic E-state index is 13.3. The SMILES string of the molecule is Cc1cc(Br)c(CN(Cc2cc(C(F)(F)F)cc(C(F)(F)F)c2)/C(N=N)=N/N)cc1C(F)(F)F. The lowest BCUT2D eigenvalue weighted by atomic mass is 10.0. The van der Waals surface area contributed by atoms with Crippen molar-refractivity contribution in [3.05, 3.63) is 68.2 Å².